The highest BCUT2D eigenvalue weighted by atomic mass is 16.2. The van der Waals surface area contributed by atoms with Gasteiger partial charge in [-0.05, 0) is 19.1 Å². The first-order valence-electron chi connectivity index (χ1n) is 9.32. The Kier molecular flexibility index (Phi) is 5.53. The maximum absolute atomic E-state index is 12.8. The van der Waals surface area contributed by atoms with Crippen LogP contribution in [-0.4, -0.2) is 79.0 Å². The van der Waals surface area contributed by atoms with Crippen molar-refractivity contribution in [3.63, 3.8) is 0 Å². The van der Waals surface area contributed by atoms with Crippen LogP contribution in [0, 0.1) is 5.41 Å². The van der Waals surface area contributed by atoms with E-state index in [-0.39, 0.29) is 18.0 Å². The Balaban J connectivity index is 1.80. The van der Waals surface area contributed by atoms with Gasteiger partial charge in [0.05, 0.1) is 0 Å². The maximum atomic E-state index is 12.8. The van der Waals surface area contributed by atoms with Crippen LogP contribution in [0.4, 0.5) is 15.3 Å². The van der Waals surface area contributed by atoms with E-state index in [2.05, 4.69) is 10.6 Å². The highest BCUT2D eigenvalue weighted by molar-refractivity contribution is 5.89. The summed E-state index contributed by atoms with van der Waals surface area (Å²) in [4.78, 5) is 42.7. The third kappa shape index (κ3) is 4.15. The van der Waals surface area contributed by atoms with Crippen molar-refractivity contribution in [3.05, 3.63) is 30.3 Å². The Morgan fingerprint density at radius 1 is 1.04 bits per heavy atom. The number of nitrogens with zero attached hydrogens (tertiary/aromatic N) is 3. The molecular weight excluding hydrogens is 346 g/mol. The maximum Gasteiger partial charge on any atom is 0.321 e. The van der Waals surface area contributed by atoms with Crippen molar-refractivity contribution in [1.29, 1.82) is 0 Å². The molecule has 5 amide bonds. The minimum absolute atomic E-state index is 0.0830. The fraction of sp³-hybridized carbons (Fsp3) is 0.526. The van der Waals surface area contributed by atoms with Gasteiger partial charge in [0.1, 0.15) is 0 Å². The molecule has 1 atom stereocenters. The van der Waals surface area contributed by atoms with Gasteiger partial charge in [-0.2, -0.15) is 0 Å². The van der Waals surface area contributed by atoms with Crippen LogP contribution in [0.5, 0.6) is 0 Å². The summed E-state index contributed by atoms with van der Waals surface area (Å²) in [5.74, 6) is 0.0830. The fourth-order valence-electron chi connectivity index (χ4n) is 3.97. The molecule has 2 fully saturated rings. The molecule has 2 aliphatic heterocycles. The number of para-hydroxylation sites is 1. The van der Waals surface area contributed by atoms with Gasteiger partial charge in [-0.15, -0.1) is 0 Å². The molecular formula is C19H27N5O3. The molecule has 2 aliphatic rings. The molecule has 0 aliphatic carbocycles. The average molecular weight is 373 g/mol. The normalized spacial score (nSPS) is 22.7. The molecule has 0 saturated carbocycles. The Bertz CT molecular complexity index is 711. The Hall–Kier alpha value is -2.77. The third-order valence-corrected chi connectivity index (χ3v) is 5.29. The molecule has 27 heavy (non-hydrogen) atoms. The van der Waals surface area contributed by atoms with Crippen molar-refractivity contribution in [2.24, 2.45) is 5.41 Å². The van der Waals surface area contributed by atoms with Crippen LogP contribution in [0.1, 0.15) is 13.3 Å². The van der Waals surface area contributed by atoms with Crippen molar-refractivity contribution in [2.45, 2.75) is 13.3 Å². The number of urea groups is 2. The molecule has 1 spiro atoms. The Morgan fingerprint density at radius 2 is 1.67 bits per heavy atom. The monoisotopic (exact) mass is 373 g/mol. The lowest BCUT2D eigenvalue weighted by Gasteiger charge is -2.33. The van der Waals surface area contributed by atoms with Crippen LogP contribution < -0.4 is 10.6 Å². The zero-order chi connectivity index (χ0) is 19.4. The summed E-state index contributed by atoms with van der Waals surface area (Å²) in [6.45, 7) is 4.91. The molecule has 0 radical (unpaired) electrons. The first-order chi connectivity index (χ1) is 13.0. The number of anilines is 1. The van der Waals surface area contributed by atoms with Crippen LogP contribution in [0.3, 0.4) is 0 Å². The highest BCUT2D eigenvalue weighted by Gasteiger charge is 2.47. The van der Waals surface area contributed by atoms with Gasteiger partial charge in [-0.3, -0.25) is 4.79 Å². The molecule has 3 rings (SSSR count). The zero-order valence-corrected chi connectivity index (χ0v) is 15.9. The summed E-state index contributed by atoms with van der Waals surface area (Å²) >= 11 is 0. The smallest absolute Gasteiger partial charge is 0.321 e. The second kappa shape index (κ2) is 7.85. The second-order valence-electron chi connectivity index (χ2n) is 7.28. The van der Waals surface area contributed by atoms with Gasteiger partial charge in [0, 0.05) is 63.8 Å². The molecule has 8 heteroatoms. The lowest BCUT2D eigenvalue weighted by molar-refractivity contribution is -0.127. The van der Waals surface area contributed by atoms with Gasteiger partial charge < -0.3 is 25.3 Å². The third-order valence-electron chi connectivity index (χ3n) is 5.29. The average Bonchev–Trinajstić information content (AvgIpc) is 2.86. The fourth-order valence-corrected chi connectivity index (χ4v) is 3.97. The van der Waals surface area contributed by atoms with Crippen LogP contribution in [0.2, 0.25) is 0 Å². The minimum Gasteiger partial charge on any atom is -0.342 e. The van der Waals surface area contributed by atoms with E-state index in [0.717, 1.165) is 5.69 Å². The number of carbonyl (C=O) groups excluding carboxylic acids is 3. The molecule has 0 aromatic heterocycles. The van der Waals surface area contributed by atoms with Gasteiger partial charge in [-0.25, -0.2) is 9.59 Å². The minimum atomic E-state index is -0.440. The van der Waals surface area contributed by atoms with E-state index < -0.39 is 5.41 Å². The molecule has 1 aromatic carbocycles. The van der Waals surface area contributed by atoms with E-state index in [1.54, 1.807) is 21.7 Å². The lowest BCUT2D eigenvalue weighted by atomic mass is 9.86. The number of likely N-dealkylation sites (tertiary alicyclic amines) is 1. The van der Waals surface area contributed by atoms with E-state index in [0.29, 0.717) is 45.7 Å². The van der Waals surface area contributed by atoms with Gasteiger partial charge in [0.15, 0.2) is 0 Å². The SMILES string of the molecule is CCN1C[C@]2(CC1=O)CN(C(=O)NC)CCN(C(=O)Nc1ccccc1)C2. The first-order valence-corrected chi connectivity index (χ1v) is 9.32. The van der Waals surface area contributed by atoms with Crippen LogP contribution in [0.15, 0.2) is 30.3 Å². The number of amides is 5. The summed E-state index contributed by atoms with van der Waals surface area (Å²) in [7, 11) is 1.60. The summed E-state index contributed by atoms with van der Waals surface area (Å²) in [6.07, 6.45) is 0.351. The number of nitrogens with one attached hydrogen (secondary N) is 2. The number of rotatable bonds is 2. The van der Waals surface area contributed by atoms with E-state index >= 15 is 0 Å². The molecule has 2 heterocycles. The molecule has 0 bridgehead atoms. The number of benzene rings is 1. The highest BCUT2D eigenvalue weighted by Crippen LogP contribution is 2.35. The van der Waals surface area contributed by atoms with Crippen molar-refractivity contribution in [1.82, 2.24) is 20.0 Å². The van der Waals surface area contributed by atoms with E-state index in [1.165, 1.54) is 0 Å². The van der Waals surface area contributed by atoms with Crippen molar-refractivity contribution in [3.8, 4) is 0 Å². The van der Waals surface area contributed by atoms with Crippen LogP contribution in [-0.2, 0) is 4.79 Å². The van der Waals surface area contributed by atoms with Gasteiger partial charge in [-0.1, -0.05) is 18.2 Å². The number of hydrogen-bond donors (Lipinski definition) is 2. The molecule has 146 valence electrons. The largest absolute Gasteiger partial charge is 0.342 e. The van der Waals surface area contributed by atoms with E-state index in [9.17, 15) is 14.4 Å². The number of hydrogen-bond acceptors (Lipinski definition) is 3. The molecule has 2 N–H and O–H groups in total. The summed E-state index contributed by atoms with van der Waals surface area (Å²) in [6, 6.07) is 8.90. The topological polar surface area (TPSA) is 85.0 Å². The molecule has 2 saturated heterocycles. The van der Waals surface area contributed by atoms with Crippen LogP contribution >= 0.6 is 0 Å². The predicted molar refractivity (Wildman–Crippen MR) is 102 cm³/mol. The van der Waals surface area contributed by atoms with E-state index in [1.807, 2.05) is 37.3 Å². The Morgan fingerprint density at radius 3 is 2.22 bits per heavy atom. The predicted octanol–water partition coefficient (Wildman–Crippen LogP) is 1.41. The standard InChI is InChI=1S/C19H27N5O3/c1-3-22-12-19(11-16(22)25)13-23(17(26)20-2)9-10-24(14-19)18(27)21-15-7-5-4-6-8-15/h4-8H,3,9-14H2,1-2H3,(H,20,26)(H,21,27)/t19-/m1/s1. The summed E-state index contributed by atoms with van der Waals surface area (Å²) < 4.78 is 0. The van der Waals surface area contributed by atoms with Gasteiger partial charge in [0.2, 0.25) is 5.91 Å². The van der Waals surface area contributed by atoms with Gasteiger partial charge >= 0.3 is 12.1 Å². The molecule has 0 unspecified atom stereocenters. The van der Waals surface area contributed by atoms with Crippen molar-refractivity contribution in [2.75, 3.05) is 51.6 Å². The lowest BCUT2D eigenvalue weighted by Crippen LogP contribution is -2.47. The van der Waals surface area contributed by atoms with E-state index in [4.69, 9.17) is 0 Å². The van der Waals surface area contributed by atoms with Crippen molar-refractivity contribution < 1.29 is 14.4 Å². The number of carbonyl (C=O) groups is 3. The summed E-state index contributed by atoms with van der Waals surface area (Å²) in [5.41, 5.74) is 0.283. The van der Waals surface area contributed by atoms with Crippen LogP contribution in [0.25, 0.3) is 0 Å². The molecule has 8 nitrogen and oxygen atoms in total. The quantitative estimate of drug-likeness (QED) is 0.822. The van der Waals surface area contributed by atoms with Crippen molar-refractivity contribution >= 4 is 23.7 Å². The molecule has 1 aromatic rings. The first kappa shape index (κ1) is 19.0. The second-order valence-corrected chi connectivity index (χ2v) is 7.28. The summed E-state index contributed by atoms with van der Waals surface area (Å²) in [5, 5.41) is 5.57. The zero-order valence-electron chi connectivity index (χ0n) is 15.9. The Labute approximate surface area is 159 Å². The van der Waals surface area contributed by atoms with Gasteiger partial charge in [0.25, 0.3) is 0 Å².